The molecule has 0 aromatic heterocycles. The van der Waals surface area contributed by atoms with Gasteiger partial charge in [-0.25, -0.2) is 0 Å². The van der Waals surface area contributed by atoms with Gasteiger partial charge in [0.05, 0.1) is 78.9 Å². The van der Waals surface area contributed by atoms with E-state index in [0.717, 1.165) is 0 Å². The predicted molar refractivity (Wildman–Crippen MR) is 99.6 cm³/mol. The van der Waals surface area contributed by atoms with E-state index < -0.39 is 55.7 Å². The van der Waals surface area contributed by atoms with E-state index in [1.54, 1.807) is 0 Å². The maximum Gasteiger partial charge on any atom is 0.391 e. The van der Waals surface area contributed by atoms with Crippen LogP contribution in [0.3, 0.4) is 0 Å². The molecule has 0 aliphatic carbocycles. The smallest absolute Gasteiger partial charge is 0.391 e. The van der Waals surface area contributed by atoms with Crippen molar-refractivity contribution in [1.82, 2.24) is 0 Å². The number of aliphatic hydroxyl groups excluding tert-OH is 2. The molecule has 0 heterocycles. The third kappa shape index (κ3) is 19.7. The Bertz CT molecular complexity index is 407. The number of aliphatic hydroxyl groups is 2. The lowest BCUT2D eigenvalue weighted by molar-refractivity contribution is -0.147. The Kier molecular flexibility index (Phi) is 14.9. The fraction of sp³-hybridized carbons (Fsp3) is 1.00. The molecule has 2 atom stereocenters. The first-order valence-corrected chi connectivity index (χ1v) is 9.94. The van der Waals surface area contributed by atoms with Gasteiger partial charge in [-0.05, 0) is 0 Å². The highest BCUT2D eigenvalue weighted by Crippen LogP contribution is 2.21. The molecule has 0 amide bonds. The van der Waals surface area contributed by atoms with Crippen molar-refractivity contribution >= 4 is 0 Å². The molecule has 0 aliphatic heterocycles. The number of alkyl halides is 6. The molecule has 0 aromatic rings. The van der Waals surface area contributed by atoms with Crippen molar-refractivity contribution in [2.45, 2.75) is 39.0 Å². The van der Waals surface area contributed by atoms with Crippen molar-refractivity contribution < 1.29 is 55.5 Å². The summed E-state index contributed by atoms with van der Waals surface area (Å²) in [5, 5.41) is 18.5. The van der Waals surface area contributed by atoms with Crippen LogP contribution in [0.2, 0.25) is 0 Å². The van der Waals surface area contributed by atoms with Crippen molar-refractivity contribution in [2.24, 2.45) is 17.3 Å². The van der Waals surface area contributed by atoms with Gasteiger partial charge in [0.15, 0.2) is 0 Å². The fourth-order valence-electron chi connectivity index (χ4n) is 2.23. The monoisotopic (exact) mass is 472 g/mol. The summed E-state index contributed by atoms with van der Waals surface area (Å²) < 4.78 is 93.3. The Labute approximate surface area is 178 Å². The van der Waals surface area contributed by atoms with Gasteiger partial charge >= 0.3 is 12.4 Å². The SMILES string of the molecule is CC(C)(COCC(CO)COCCC(F)(F)F)COCC(CO)COCCC(F)(F)F. The highest BCUT2D eigenvalue weighted by molar-refractivity contribution is 4.68. The third-order valence-electron chi connectivity index (χ3n) is 3.98. The van der Waals surface area contributed by atoms with Crippen LogP contribution < -0.4 is 0 Å². The molecule has 0 radical (unpaired) electrons. The van der Waals surface area contributed by atoms with Gasteiger partial charge in [-0.15, -0.1) is 0 Å². The molecule has 0 aromatic carbocycles. The first-order chi connectivity index (χ1) is 14.3. The van der Waals surface area contributed by atoms with Crippen molar-refractivity contribution in [3.05, 3.63) is 0 Å². The molecule has 31 heavy (non-hydrogen) atoms. The molecular formula is C19H34F6O6. The van der Waals surface area contributed by atoms with Crippen LogP contribution >= 0.6 is 0 Å². The van der Waals surface area contributed by atoms with Gasteiger partial charge in [-0.1, -0.05) is 13.8 Å². The van der Waals surface area contributed by atoms with Gasteiger partial charge in [0.2, 0.25) is 0 Å². The van der Waals surface area contributed by atoms with Crippen LogP contribution in [0.1, 0.15) is 26.7 Å². The second kappa shape index (κ2) is 15.2. The molecule has 2 unspecified atom stereocenters. The minimum absolute atomic E-state index is 0.0595. The molecule has 2 N–H and O–H groups in total. The lowest BCUT2D eigenvalue weighted by atomic mass is 9.96. The lowest BCUT2D eigenvalue weighted by Gasteiger charge is -2.26. The Balaban J connectivity index is 4.01. The van der Waals surface area contributed by atoms with Crippen molar-refractivity contribution in [1.29, 1.82) is 0 Å². The summed E-state index contributed by atoms with van der Waals surface area (Å²) >= 11 is 0. The van der Waals surface area contributed by atoms with Crippen LogP contribution in [0, 0.1) is 17.3 Å². The molecular weight excluding hydrogens is 438 g/mol. The van der Waals surface area contributed by atoms with E-state index in [0.29, 0.717) is 0 Å². The first-order valence-electron chi connectivity index (χ1n) is 9.94. The van der Waals surface area contributed by atoms with Crippen LogP contribution in [-0.2, 0) is 18.9 Å². The van der Waals surface area contributed by atoms with Crippen LogP contribution in [0.5, 0.6) is 0 Å². The second-order valence-electron chi connectivity index (χ2n) is 8.17. The molecule has 0 spiro atoms. The van der Waals surface area contributed by atoms with Crippen LogP contribution in [0.15, 0.2) is 0 Å². The molecule has 0 fully saturated rings. The van der Waals surface area contributed by atoms with Gasteiger partial charge in [0, 0.05) is 17.3 Å². The fourth-order valence-corrected chi connectivity index (χ4v) is 2.23. The summed E-state index contributed by atoms with van der Waals surface area (Å²) in [5.41, 5.74) is -0.450. The van der Waals surface area contributed by atoms with E-state index >= 15 is 0 Å². The molecule has 0 saturated heterocycles. The lowest BCUT2D eigenvalue weighted by Crippen LogP contribution is -2.30. The normalized spacial score (nSPS) is 15.3. The summed E-state index contributed by atoms with van der Waals surface area (Å²) in [7, 11) is 0. The number of hydrogen-bond donors (Lipinski definition) is 2. The van der Waals surface area contributed by atoms with E-state index in [2.05, 4.69) is 0 Å². The molecule has 0 aliphatic rings. The zero-order chi connectivity index (χ0) is 24.0. The van der Waals surface area contributed by atoms with Crippen LogP contribution in [-0.4, -0.2) is 88.6 Å². The maximum atomic E-state index is 12.1. The molecule has 188 valence electrons. The Morgan fingerprint density at radius 2 is 0.935 bits per heavy atom. The van der Waals surface area contributed by atoms with E-state index in [1.165, 1.54) is 0 Å². The minimum atomic E-state index is -4.29. The molecule has 0 saturated carbocycles. The van der Waals surface area contributed by atoms with Gasteiger partial charge in [-0.3, -0.25) is 0 Å². The molecule has 0 bridgehead atoms. The summed E-state index contributed by atoms with van der Waals surface area (Å²) in [6.45, 7) is 2.67. The number of halogens is 6. The quantitative estimate of drug-likeness (QED) is 0.236. The maximum absolute atomic E-state index is 12.1. The Hall–Kier alpha value is -0.660. The number of rotatable bonds is 18. The average Bonchev–Trinajstić information content (AvgIpc) is 2.63. The largest absolute Gasteiger partial charge is 0.396 e. The summed E-state index contributed by atoms with van der Waals surface area (Å²) in [4.78, 5) is 0. The zero-order valence-corrected chi connectivity index (χ0v) is 17.9. The number of hydrogen-bond acceptors (Lipinski definition) is 6. The Morgan fingerprint density at radius 1 is 0.613 bits per heavy atom. The second-order valence-corrected chi connectivity index (χ2v) is 8.17. The summed E-state index contributed by atoms with van der Waals surface area (Å²) in [6, 6.07) is 0. The van der Waals surface area contributed by atoms with Gasteiger partial charge < -0.3 is 29.2 Å². The van der Waals surface area contributed by atoms with Crippen molar-refractivity contribution in [3.63, 3.8) is 0 Å². The van der Waals surface area contributed by atoms with Crippen LogP contribution in [0.4, 0.5) is 26.3 Å². The van der Waals surface area contributed by atoms with Gasteiger partial charge in [-0.2, -0.15) is 26.3 Å². The highest BCUT2D eigenvalue weighted by atomic mass is 19.4. The van der Waals surface area contributed by atoms with E-state index in [9.17, 15) is 36.6 Å². The van der Waals surface area contributed by atoms with Gasteiger partial charge in [0.25, 0.3) is 0 Å². The first kappa shape index (κ1) is 30.3. The standard InChI is InChI=1S/C19H34F6O6/c1-17(2,13-30-11-15(7-26)9-28-5-3-18(20,21)22)14-31-12-16(8-27)10-29-6-4-19(23,24)25/h15-16,26-27H,3-14H2,1-2H3. The highest BCUT2D eigenvalue weighted by Gasteiger charge is 2.27. The topological polar surface area (TPSA) is 77.4 Å². The van der Waals surface area contributed by atoms with Crippen LogP contribution in [0.25, 0.3) is 0 Å². The zero-order valence-electron chi connectivity index (χ0n) is 17.9. The molecule has 12 heteroatoms. The predicted octanol–water partition coefficient (Wildman–Crippen LogP) is 3.20. The summed E-state index contributed by atoms with van der Waals surface area (Å²) in [6.07, 6.45) is -10.7. The Morgan fingerprint density at radius 3 is 1.23 bits per heavy atom. The minimum Gasteiger partial charge on any atom is -0.396 e. The third-order valence-corrected chi connectivity index (χ3v) is 3.98. The number of ether oxygens (including phenoxy) is 4. The van der Waals surface area contributed by atoms with Crippen molar-refractivity contribution in [3.8, 4) is 0 Å². The molecule has 6 nitrogen and oxygen atoms in total. The van der Waals surface area contributed by atoms with Crippen molar-refractivity contribution in [2.75, 3.05) is 66.1 Å². The summed E-state index contributed by atoms with van der Waals surface area (Å²) in [5.74, 6) is -0.921. The van der Waals surface area contributed by atoms with E-state index in [-0.39, 0.29) is 52.9 Å². The van der Waals surface area contributed by atoms with E-state index in [1.807, 2.05) is 13.8 Å². The molecule has 0 rings (SSSR count). The van der Waals surface area contributed by atoms with Gasteiger partial charge in [0.1, 0.15) is 0 Å². The average molecular weight is 472 g/mol. The van der Waals surface area contributed by atoms with E-state index in [4.69, 9.17) is 18.9 Å².